The Labute approximate surface area is 106 Å². The van der Waals surface area contributed by atoms with Crippen LogP contribution >= 0.6 is 11.6 Å². The van der Waals surface area contributed by atoms with Crippen molar-refractivity contribution in [3.63, 3.8) is 0 Å². The second-order valence-electron chi connectivity index (χ2n) is 4.27. The minimum absolute atomic E-state index is 0.0848. The molecule has 17 heavy (non-hydrogen) atoms. The fraction of sp³-hybridized carbons (Fsp3) is 0.600. The Hall–Kier alpha value is -0.880. The van der Waals surface area contributed by atoms with Crippen molar-refractivity contribution in [3.05, 3.63) is 17.0 Å². The minimum Gasteiger partial charge on any atom is -0.352 e. The number of nitrogens with zero attached hydrogens (tertiary/aromatic N) is 3. The van der Waals surface area contributed by atoms with Crippen LogP contribution in [-0.4, -0.2) is 42.5 Å². The summed E-state index contributed by atoms with van der Waals surface area (Å²) in [5, 5.41) is 0.413. The summed E-state index contributed by atoms with van der Waals surface area (Å²) in [6, 6.07) is -0.0848. The maximum Gasteiger partial charge on any atom is 0.154 e. The van der Waals surface area contributed by atoms with E-state index in [1.54, 1.807) is 0 Å². The van der Waals surface area contributed by atoms with Gasteiger partial charge in [-0.15, -0.1) is 0 Å². The Morgan fingerprint density at radius 1 is 1.47 bits per heavy atom. The monoisotopic (exact) mass is 275 g/mol. The van der Waals surface area contributed by atoms with Gasteiger partial charge in [0.2, 0.25) is 0 Å². The first-order chi connectivity index (χ1) is 7.91. The molecule has 0 spiro atoms. The van der Waals surface area contributed by atoms with Crippen LogP contribution in [-0.2, 0) is 9.84 Å². The Bertz CT molecular complexity index is 532. The highest BCUT2D eigenvalue weighted by atomic mass is 35.5. The molecule has 0 aliphatic carbocycles. The van der Waals surface area contributed by atoms with E-state index < -0.39 is 9.84 Å². The fourth-order valence-corrected chi connectivity index (χ4v) is 3.71. The topological polar surface area (TPSA) is 63.2 Å². The van der Waals surface area contributed by atoms with Gasteiger partial charge in [-0.3, -0.25) is 0 Å². The van der Waals surface area contributed by atoms with Crippen molar-refractivity contribution in [1.29, 1.82) is 0 Å². The van der Waals surface area contributed by atoms with Gasteiger partial charge in [-0.25, -0.2) is 18.4 Å². The molecule has 5 nitrogen and oxygen atoms in total. The van der Waals surface area contributed by atoms with E-state index >= 15 is 0 Å². The molecule has 1 aromatic rings. The van der Waals surface area contributed by atoms with Crippen LogP contribution in [0.15, 0.2) is 6.33 Å². The normalized spacial score (nSPS) is 23.7. The summed E-state index contributed by atoms with van der Waals surface area (Å²) in [5.74, 6) is 1.05. The van der Waals surface area contributed by atoms with Gasteiger partial charge < -0.3 is 4.90 Å². The van der Waals surface area contributed by atoms with Crippen molar-refractivity contribution < 1.29 is 8.42 Å². The lowest BCUT2D eigenvalue weighted by molar-refractivity contribution is 0.566. The van der Waals surface area contributed by atoms with Crippen molar-refractivity contribution in [3.8, 4) is 0 Å². The molecule has 0 saturated carbocycles. The molecule has 0 N–H and O–H groups in total. The molecular formula is C10H14ClN3O2S. The van der Waals surface area contributed by atoms with Crippen LogP contribution in [0.5, 0.6) is 0 Å². The predicted molar refractivity (Wildman–Crippen MR) is 67.2 cm³/mol. The summed E-state index contributed by atoms with van der Waals surface area (Å²) in [7, 11) is -2.91. The third kappa shape index (κ3) is 2.52. The number of hydrogen-bond donors (Lipinski definition) is 0. The zero-order valence-corrected chi connectivity index (χ0v) is 11.3. The third-order valence-corrected chi connectivity index (χ3v) is 5.11. The summed E-state index contributed by atoms with van der Waals surface area (Å²) in [5.41, 5.74) is 0.792. The predicted octanol–water partition coefficient (Wildman–Crippen LogP) is 1.06. The number of hydrogen-bond acceptors (Lipinski definition) is 5. The maximum absolute atomic E-state index is 11.5. The van der Waals surface area contributed by atoms with Gasteiger partial charge in [0.15, 0.2) is 9.84 Å². The summed E-state index contributed by atoms with van der Waals surface area (Å²) in [6.07, 6.45) is 1.40. The van der Waals surface area contributed by atoms with Crippen LogP contribution in [0.2, 0.25) is 5.15 Å². The molecule has 0 bridgehead atoms. The molecule has 1 fully saturated rings. The summed E-state index contributed by atoms with van der Waals surface area (Å²) < 4.78 is 23.0. The highest BCUT2D eigenvalue weighted by molar-refractivity contribution is 7.91. The van der Waals surface area contributed by atoms with Gasteiger partial charge in [0.1, 0.15) is 17.3 Å². The average molecular weight is 276 g/mol. The molecule has 1 unspecified atom stereocenters. The third-order valence-electron chi connectivity index (χ3n) is 2.94. The number of anilines is 1. The number of halogens is 1. The van der Waals surface area contributed by atoms with Crippen molar-refractivity contribution in [2.45, 2.75) is 19.9 Å². The summed E-state index contributed by atoms with van der Waals surface area (Å²) >= 11 is 5.94. The smallest absolute Gasteiger partial charge is 0.154 e. The first-order valence-corrected chi connectivity index (χ1v) is 7.55. The molecule has 0 aromatic carbocycles. The SMILES string of the molecule is Cc1c(Cl)ncnc1N1CCS(=O)(=O)CC1C. The fourth-order valence-electron chi connectivity index (χ4n) is 2.02. The number of aromatic nitrogens is 2. The standard InChI is InChI=1S/C10H14ClN3O2S/c1-7-5-17(15,16)4-3-14(7)10-8(2)9(11)12-6-13-10/h6-7H,3-5H2,1-2H3. The molecule has 1 aliphatic heterocycles. The van der Waals surface area contributed by atoms with Gasteiger partial charge in [0, 0.05) is 18.2 Å². The second-order valence-corrected chi connectivity index (χ2v) is 6.86. The average Bonchev–Trinajstić information content (AvgIpc) is 2.22. The van der Waals surface area contributed by atoms with Crippen molar-refractivity contribution >= 4 is 27.3 Å². The molecular weight excluding hydrogens is 262 g/mol. The number of sulfone groups is 1. The molecule has 1 aliphatic rings. The molecule has 1 aromatic heterocycles. The van der Waals surface area contributed by atoms with Gasteiger partial charge in [-0.2, -0.15) is 0 Å². The quantitative estimate of drug-likeness (QED) is 0.717. The van der Waals surface area contributed by atoms with Gasteiger partial charge in [-0.1, -0.05) is 11.6 Å². The Balaban J connectivity index is 2.33. The largest absolute Gasteiger partial charge is 0.352 e. The molecule has 1 saturated heterocycles. The minimum atomic E-state index is -2.91. The van der Waals surface area contributed by atoms with Crippen molar-refractivity contribution in [2.24, 2.45) is 0 Å². The highest BCUT2D eigenvalue weighted by Crippen LogP contribution is 2.25. The van der Waals surface area contributed by atoms with Crippen LogP contribution < -0.4 is 4.90 Å². The van der Waals surface area contributed by atoms with Crippen LogP contribution in [0.3, 0.4) is 0 Å². The first-order valence-electron chi connectivity index (χ1n) is 5.35. The Kier molecular flexibility index (Phi) is 3.27. The lowest BCUT2D eigenvalue weighted by Crippen LogP contribution is -2.47. The first kappa shape index (κ1) is 12.6. The molecule has 1 atom stereocenters. The Morgan fingerprint density at radius 3 is 2.82 bits per heavy atom. The Morgan fingerprint density at radius 2 is 2.18 bits per heavy atom. The molecule has 2 heterocycles. The van der Waals surface area contributed by atoms with E-state index in [0.29, 0.717) is 11.7 Å². The van der Waals surface area contributed by atoms with Crippen LogP contribution in [0, 0.1) is 6.92 Å². The maximum atomic E-state index is 11.5. The van der Waals surface area contributed by atoms with Crippen molar-refractivity contribution in [2.75, 3.05) is 23.0 Å². The molecule has 0 amide bonds. The van der Waals surface area contributed by atoms with Crippen LogP contribution in [0.4, 0.5) is 5.82 Å². The molecule has 94 valence electrons. The van der Waals surface area contributed by atoms with Crippen molar-refractivity contribution in [1.82, 2.24) is 9.97 Å². The van der Waals surface area contributed by atoms with Crippen LogP contribution in [0.25, 0.3) is 0 Å². The zero-order valence-electron chi connectivity index (χ0n) is 9.72. The van der Waals surface area contributed by atoms with E-state index in [1.807, 2.05) is 18.7 Å². The summed E-state index contributed by atoms with van der Waals surface area (Å²) in [6.45, 7) is 4.18. The van der Waals surface area contributed by atoms with Crippen LogP contribution in [0.1, 0.15) is 12.5 Å². The van der Waals surface area contributed by atoms with E-state index in [-0.39, 0.29) is 17.5 Å². The van der Waals surface area contributed by atoms with Gasteiger partial charge in [-0.05, 0) is 13.8 Å². The molecule has 0 radical (unpaired) electrons. The lowest BCUT2D eigenvalue weighted by Gasteiger charge is -2.34. The van der Waals surface area contributed by atoms with Gasteiger partial charge in [0.05, 0.1) is 11.5 Å². The van der Waals surface area contributed by atoms with Gasteiger partial charge in [0.25, 0.3) is 0 Å². The zero-order chi connectivity index (χ0) is 12.6. The highest BCUT2D eigenvalue weighted by Gasteiger charge is 2.30. The summed E-state index contributed by atoms with van der Waals surface area (Å²) in [4.78, 5) is 10.1. The van der Waals surface area contributed by atoms with E-state index in [9.17, 15) is 8.42 Å². The lowest BCUT2D eigenvalue weighted by atomic mass is 10.2. The van der Waals surface area contributed by atoms with E-state index in [1.165, 1.54) is 6.33 Å². The second kappa shape index (κ2) is 4.42. The van der Waals surface area contributed by atoms with E-state index in [0.717, 1.165) is 11.4 Å². The number of rotatable bonds is 1. The molecule has 2 rings (SSSR count). The van der Waals surface area contributed by atoms with E-state index in [2.05, 4.69) is 9.97 Å². The molecule has 7 heteroatoms. The van der Waals surface area contributed by atoms with E-state index in [4.69, 9.17) is 11.6 Å². The van der Waals surface area contributed by atoms with Gasteiger partial charge >= 0.3 is 0 Å².